The van der Waals surface area contributed by atoms with Crippen molar-refractivity contribution in [1.82, 2.24) is 5.53 Å². The largest absolute Gasteiger partial charge is 0.339 e. The summed E-state index contributed by atoms with van der Waals surface area (Å²) in [7, 11) is 0. The van der Waals surface area contributed by atoms with Crippen LogP contribution in [0.3, 0.4) is 0 Å². The molecule has 9 nitrogen and oxygen atoms in total. The summed E-state index contributed by atoms with van der Waals surface area (Å²) in [5.41, 5.74) is 1.35. The number of hydrazine groups is 1. The van der Waals surface area contributed by atoms with Gasteiger partial charge in [0, 0.05) is 10.8 Å². The highest BCUT2D eigenvalue weighted by molar-refractivity contribution is 4.03. The predicted octanol–water partition coefficient (Wildman–Crippen LogP) is -0.624. The van der Waals surface area contributed by atoms with Crippen molar-refractivity contribution in [2.45, 2.75) is 0 Å². The van der Waals surface area contributed by atoms with Crippen molar-refractivity contribution in [2.75, 3.05) is 0 Å². The molecule has 0 spiro atoms. The molecule has 0 aliphatic rings. The van der Waals surface area contributed by atoms with Gasteiger partial charge in [-0.25, -0.2) is 0 Å². The molecule has 0 heterocycles. The normalized spacial score (nSPS) is 10.7. The molecule has 3 N–H and O–H groups in total. The third kappa shape index (κ3) is 6.20. The molecule has 0 atom stereocenters. The lowest BCUT2D eigenvalue weighted by molar-refractivity contribution is -0.546. The molecule has 0 aromatic rings. The van der Waals surface area contributed by atoms with Crippen LogP contribution in [-0.2, 0) is 0 Å². The second-order valence-electron chi connectivity index (χ2n) is 0.751. The van der Waals surface area contributed by atoms with E-state index in [1.54, 1.807) is 0 Å². The molecule has 0 saturated carbocycles. The number of nitrogens with two attached hydrogens (primary N) is 1. The van der Waals surface area contributed by atoms with E-state index in [4.69, 9.17) is 0 Å². The van der Waals surface area contributed by atoms with Crippen LogP contribution in [-0.4, -0.2) is 5.03 Å². The fraction of sp³-hybridized carbons (Fsp3) is 0. The maximum Gasteiger partial charge on any atom is 0.197 e. The minimum absolute atomic E-state index is 0.907. The van der Waals surface area contributed by atoms with Gasteiger partial charge in [0.1, 0.15) is 5.22 Å². The minimum Gasteiger partial charge on any atom is -0.339 e. The van der Waals surface area contributed by atoms with E-state index in [1.807, 2.05) is 0 Å². The third-order valence-electron chi connectivity index (χ3n) is 0.263. The van der Waals surface area contributed by atoms with Gasteiger partial charge in [-0.1, -0.05) is 5.22 Å². The number of nitrogens with one attached hydrogen (secondary N) is 1. The Balaban J connectivity index is 3.36. The first-order valence-electron chi connectivity index (χ1n) is 1.67. The number of rotatable bonds is 3. The van der Waals surface area contributed by atoms with E-state index in [9.17, 15) is 10.1 Å². The van der Waals surface area contributed by atoms with Crippen LogP contribution in [0.5, 0.6) is 0 Å². The molecule has 9 heteroatoms. The van der Waals surface area contributed by atoms with Crippen molar-refractivity contribution >= 4 is 0 Å². The SMILES string of the molecule is NN=NN=NN[N+](=O)[O-]. The van der Waals surface area contributed by atoms with Gasteiger partial charge in [-0.05, 0) is 0 Å². The number of hydrogen-bond donors (Lipinski definition) is 2. The molecular weight excluding hydrogens is 130 g/mol. The van der Waals surface area contributed by atoms with Crippen LogP contribution in [0.4, 0.5) is 0 Å². The molecule has 0 aliphatic heterocycles. The van der Waals surface area contributed by atoms with E-state index in [2.05, 4.69) is 26.7 Å². The van der Waals surface area contributed by atoms with Crippen LogP contribution in [0.15, 0.2) is 20.9 Å². The summed E-state index contributed by atoms with van der Waals surface area (Å²) in [5, 5.41) is 19.3. The van der Waals surface area contributed by atoms with Crippen LogP contribution >= 0.6 is 0 Å². The Morgan fingerprint density at radius 3 is 2.67 bits per heavy atom. The maximum atomic E-state index is 9.40. The summed E-state index contributed by atoms with van der Waals surface area (Å²) in [6.45, 7) is 0. The summed E-state index contributed by atoms with van der Waals surface area (Å²) in [4.78, 5) is 9.40. The summed E-state index contributed by atoms with van der Waals surface area (Å²) in [6.07, 6.45) is 0. The Hall–Kier alpha value is -1.80. The molecule has 0 radical (unpaired) electrons. The average molecular weight is 133 g/mol. The van der Waals surface area contributed by atoms with Crippen LogP contribution in [0.1, 0.15) is 0 Å². The fourth-order valence-electron chi connectivity index (χ4n) is 0.0996. The van der Waals surface area contributed by atoms with Crippen LogP contribution < -0.4 is 11.4 Å². The van der Waals surface area contributed by atoms with Gasteiger partial charge in [0.2, 0.25) is 0 Å². The second-order valence-corrected chi connectivity index (χ2v) is 0.751. The Morgan fingerprint density at radius 1 is 1.56 bits per heavy atom. The minimum atomic E-state index is -0.907. The van der Waals surface area contributed by atoms with Gasteiger partial charge >= 0.3 is 0 Å². The lowest BCUT2D eigenvalue weighted by atomic mass is 12.3. The zero-order chi connectivity index (χ0) is 7.11. The molecule has 0 amide bonds. The van der Waals surface area contributed by atoms with Crippen molar-refractivity contribution in [2.24, 2.45) is 26.7 Å². The second kappa shape index (κ2) is 4.36. The molecule has 0 bridgehead atoms. The smallest absolute Gasteiger partial charge is 0.197 e. The predicted molar refractivity (Wildman–Crippen MR) is 24.0 cm³/mol. The van der Waals surface area contributed by atoms with Crippen molar-refractivity contribution < 1.29 is 5.03 Å². The molecule has 50 valence electrons. The van der Waals surface area contributed by atoms with Crippen LogP contribution in [0.25, 0.3) is 0 Å². The number of nitrogens with zero attached hydrogens (tertiary/aromatic N) is 5. The zero-order valence-corrected chi connectivity index (χ0v) is 4.13. The van der Waals surface area contributed by atoms with Gasteiger partial charge in [-0.3, -0.25) is 0 Å². The first kappa shape index (κ1) is 7.20. The average Bonchev–Trinajstić information content (AvgIpc) is 1.80. The molecule has 0 rings (SSSR count). The van der Waals surface area contributed by atoms with E-state index in [-0.39, 0.29) is 0 Å². The van der Waals surface area contributed by atoms with Crippen molar-refractivity contribution in [3.05, 3.63) is 10.1 Å². The monoisotopic (exact) mass is 133 g/mol. The molecule has 0 aliphatic carbocycles. The fourth-order valence-corrected chi connectivity index (χ4v) is 0.0996. The lowest BCUT2D eigenvalue weighted by Gasteiger charge is -1.81. The Labute approximate surface area is 48.7 Å². The molecule has 0 aromatic heterocycles. The zero-order valence-electron chi connectivity index (χ0n) is 4.13. The topological polar surface area (TPSA) is 131 Å². The van der Waals surface area contributed by atoms with Crippen molar-refractivity contribution in [3.8, 4) is 0 Å². The van der Waals surface area contributed by atoms with E-state index >= 15 is 0 Å². The molecule has 0 aromatic carbocycles. The van der Waals surface area contributed by atoms with Crippen molar-refractivity contribution in [3.63, 3.8) is 0 Å². The summed E-state index contributed by atoms with van der Waals surface area (Å²) in [5.74, 6) is 4.45. The molecular formula is H3N7O2. The lowest BCUT2D eigenvalue weighted by Crippen LogP contribution is -2.12. The molecule has 0 unspecified atom stereocenters. The van der Waals surface area contributed by atoms with Crippen molar-refractivity contribution in [1.29, 1.82) is 0 Å². The van der Waals surface area contributed by atoms with Gasteiger partial charge in [0.05, 0.1) is 5.03 Å². The Morgan fingerprint density at radius 2 is 2.22 bits per heavy atom. The molecule has 0 saturated heterocycles. The number of nitro groups is 1. The van der Waals surface area contributed by atoms with E-state index in [0.29, 0.717) is 0 Å². The highest BCUT2D eigenvalue weighted by atomic mass is 16.7. The van der Waals surface area contributed by atoms with Crippen LogP contribution in [0.2, 0.25) is 0 Å². The Kier molecular flexibility index (Phi) is 3.49. The molecule has 9 heavy (non-hydrogen) atoms. The number of hydrogen-bond acceptors (Lipinski definition) is 4. The van der Waals surface area contributed by atoms with Gasteiger partial charge in [0.25, 0.3) is 0 Å². The highest BCUT2D eigenvalue weighted by Gasteiger charge is 1.83. The van der Waals surface area contributed by atoms with Gasteiger partial charge in [-0.2, -0.15) is 0 Å². The van der Waals surface area contributed by atoms with Gasteiger partial charge in [-0.15, -0.1) is 0 Å². The quantitative estimate of drug-likeness (QED) is 0.229. The third-order valence-corrected chi connectivity index (χ3v) is 0.263. The summed E-state index contributed by atoms with van der Waals surface area (Å²) < 4.78 is 0. The standard InChI is InChI=1S/H3N7O2/c1-2-3-4-5-6-7(8)9/h(H2,1,3,5)(H,2,4,6). The van der Waals surface area contributed by atoms with E-state index < -0.39 is 5.03 Å². The Bertz CT molecular complexity index is 134. The van der Waals surface area contributed by atoms with Gasteiger partial charge in [0.15, 0.2) is 5.22 Å². The first-order valence-corrected chi connectivity index (χ1v) is 1.67. The first-order chi connectivity index (χ1) is 4.27. The van der Waals surface area contributed by atoms with E-state index in [0.717, 1.165) is 0 Å². The maximum absolute atomic E-state index is 9.40. The van der Waals surface area contributed by atoms with E-state index in [1.165, 1.54) is 5.53 Å². The highest BCUT2D eigenvalue weighted by Crippen LogP contribution is 1.70. The summed E-state index contributed by atoms with van der Waals surface area (Å²) in [6, 6.07) is 0. The molecule has 0 fully saturated rings. The van der Waals surface area contributed by atoms with Crippen LogP contribution in [0, 0.1) is 10.1 Å². The van der Waals surface area contributed by atoms with Gasteiger partial charge < -0.3 is 16.0 Å². The summed E-state index contributed by atoms with van der Waals surface area (Å²) >= 11 is 0.